The van der Waals surface area contributed by atoms with E-state index < -0.39 is 10.0 Å². The molecule has 3 aromatic carbocycles. The third-order valence-corrected chi connectivity index (χ3v) is 7.30. The van der Waals surface area contributed by atoms with Gasteiger partial charge in [0.2, 0.25) is 16.0 Å². The Morgan fingerprint density at radius 2 is 1.40 bits per heavy atom. The first-order chi connectivity index (χ1) is 16.5. The van der Waals surface area contributed by atoms with E-state index in [1.54, 1.807) is 12.1 Å². The van der Waals surface area contributed by atoms with Crippen molar-refractivity contribution >= 4 is 55.9 Å². The van der Waals surface area contributed by atoms with Gasteiger partial charge >= 0.3 is 0 Å². The molecule has 0 radical (unpaired) electrons. The van der Waals surface area contributed by atoms with E-state index in [0.29, 0.717) is 23.2 Å². The highest BCUT2D eigenvalue weighted by Gasteiger charge is 2.13. The molecule has 0 aliphatic carbocycles. The van der Waals surface area contributed by atoms with E-state index in [1.807, 2.05) is 54.6 Å². The van der Waals surface area contributed by atoms with Gasteiger partial charge in [-0.2, -0.15) is 4.98 Å². The van der Waals surface area contributed by atoms with Crippen molar-refractivity contribution in [3.05, 3.63) is 66.7 Å². The second-order valence-corrected chi connectivity index (χ2v) is 10.2. The first-order valence-corrected chi connectivity index (χ1v) is 13.3. The van der Waals surface area contributed by atoms with Crippen molar-refractivity contribution in [2.24, 2.45) is 0 Å². The topological polar surface area (TPSA) is 110 Å². The van der Waals surface area contributed by atoms with Gasteiger partial charge in [-0.05, 0) is 47.9 Å². The number of para-hydroxylation sites is 1. The number of unbranched alkanes of at least 4 members (excludes halogenated alkanes) is 5. The standard InChI is InChI=1S/C26H31N5O2S.ClH/c27-25-23-13-7-8-14-24(23)30-26(31-25)28-17-9-3-1-2-4-10-18-29-34(32,33)22-16-15-20-11-5-6-12-21(20)19-22;/h5-8,11-16,19,29H,1-4,9-10,17-18H2,(H3,27,28,30,31);1H. The van der Waals surface area contributed by atoms with Crippen molar-refractivity contribution in [1.82, 2.24) is 14.7 Å². The number of anilines is 2. The Balaban J connectivity index is 0.00000342. The van der Waals surface area contributed by atoms with Gasteiger partial charge in [-0.3, -0.25) is 0 Å². The lowest BCUT2D eigenvalue weighted by atomic mass is 10.1. The fraction of sp³-hybridized carbons (Fsp3) is 0.308. The minimum absolute atomic E-state index is 0. The maximum absolute atomic E-state index is 12.6. The van der Waals surface area contributed by atoms with Crippen LogP contribution in [0, 0.1) is 0 Å². The van der Waals surface area contributed by atoms with Crippen LogP contribution in [-0.4, -0.2) is 31.5 Å². The van der Waals surface area contributed by atoms with Crippen LogP contribution in [0.1, 0.15) is 38.5 Å². The molecule has 0 saturated carbocycles. The van der Waals surface area contributed by atoms with E-state index in [2.05, 4.69) is 20.0 Å². The van der Waals surface area contributed by atoms with Crippen LogP contribution in [0.2, 0.25) is 0 Å². The number of fused-ring (bicyclic) bond motifs is 2. The summed E-state index contributed by atoms with van der Waals surface area (Å²) in [5, 5.41) is 6.08. The Hall–Kier alpha value is -2.94. The number of nitrogen functional groups attached to an aromatic ring is 1. The van der Waals surface area contributed by atoms with Crippen LogP contribution in [0.25, 0.3) is 21.7 Å². The van der Waals surface area contributed by atoms with Crippen molar-refractivity contribution in [2.75, 3.05) is 24.1 Å². The number of halogens is 1. The van der Waals surface area contributed by atoms with Crippen molar-refractivity contribution < 1.29 is 8.42 Å². The second kappa shape index (κ2) is 12.7. The largest absolute Gasteiger partial charge is 0.383 e. The Bertz CT molecular complexity index is 1360. The highest BCUT2D eigenvalue weighted by Crippen LogP contribution is 2.20. The minimum Gasteiger partial charge on any atom is -0.383 e. The molecule has 35 heavy (non-hydrogen) atoms. The summed E-state index contributed by atoms with van der Waals surface area (Å²) in [5.74, 6) is 1.05. The summed E-state index contributed by atoms with van der Waals surface area (Å²) in [7, 11) is -3.48. The van der Waals surface area contributed by atoms with Gasteiger partial charge in [0.1, 0.15) is 5.82 Å². The average Bonchev–Trinajstić information content (AvgIpc) is 2.85. The van der Waals surface area contributed by atoms with Gasteiger partial charge in [-0.25, -0.2) is 18.1 Å². The molecule has 4 rings (SSSR count). The zero-order valence-corrected chi connectivity index (χ0v) is 21.2. The Morgan fingerprint density at radius 3 is 2.20 bits per heavy atom. The number of aromatic nitrogens is 2. The Kier molecular flexibility index (Phi) is 9.65. The van der Waals surface area contributed by atoms with Crippen LogP contribution in [0.5, 0.6) is 0 Å². The molecule has 0 saturated heterocycles. The van der Waals surface area contributed by atoms with Crippen molar-refractivity contribution in [2.45, 2.75) is 43.4 Å². The molecule has 0 amide bonds. The summed E-state index contributed by atoms with van der Waals surface area (Å²) in [4.78, 5) is 9.14. The molecule has 7 nitrogen and oxygen atoms in total. The van der Waals surface area contributed by atoms with Gasteiger partial charge in [0, 0.05) is 18.5 Å². The highest BCUT2D eigenvalue weighted by molar-refractivity contribution is 7.89. The van der Waals surface area contributed by atoms with E-state index in [-0.39, 0.29) is 12.4 Å². The molecule has 0 bridgehead atoms. The summed E-state index contributed by atoms with van der Waals surface area (Å²) < 4.78 is 27.8. The number of sulfonamides is 1. The van der Waals surface area contributed by atoms with Gasteiger partial charge in [0.25, 0.3) is 0 Å². The Labute approximate surface area is 213 Å². The van der Waals surface area contributed by atoms with Crippen molar-refractivity contribution in [3.63, 3.8) is 0 Å². The highest BCUT2D eigenvalue weighted by atomic mass is 35.5. The lowest BCUT2D eigenvalue weighted by molar-refractivity contribution is 0.566. The van der Waals surface area contributed by atoms with Crippen LogP contribution in [0.3, 0.4) is 0 Å². The van der Waals surface area contributed by atoms with E-state index in [0.717, 1.165) is 66.7 Å². The summed E-state index contributed by atoms with van der Waals surface area (Å²) in [5.41, 5.74) is 6.86. The predicted molar refractivity (Wildman–Crippen MR) is 147 cm³/mol. The number of nitrogens with two attached hydrogens (primary N) is 1. The molecule has 4 aromatic rings. The summed E-state index contributed by atoms with van der Waals surface area (Å²) >= 11 is 0. The number of nitrogens with one attached hydrogen (secondary N) is 2. The van der Waals surface area contributed by atoms with Gasteiger partial charge in [-0.15, -0.1) is 12.4 Å². The number of hydrogen-bond donors (Lipinski definition) is 3. The summed E-state index contributed by atoms with van der Waals surface area (Å²) in [6.45, 7) is 1.25. The number of benzene rings is 3. The van der Waals surface area contributed by atoms with Crippen LogP contribution in [0.15, 0.2) is 71.6 Å². The fourth-order valence-electron chi connectivity index (χ4n) is 3.96. The number of rotatable bonds is 12. The molecule has 1 heterocycles. The van der Waals surface area contributed by atoms with Crippen LogP contribution < -0.4 is 15.8 Å². The maximum atomic E-state index is 12.6. The van der Waals surface area contributed by atoms with E-state index >= 15 is 0 Å². The van der Waals surface area contributed by atoms with Crippen molar-refractivity contribution in [1.29, 1.82) is 0 Å². The van der Waals surface area contributed by atoms with E-state index in [9.17, 15) is 8.42 Å². The fourth-order valence-corrected chi connectivity index (χ4v) is 5.07. The smallest absolute Gasteiger partial charge is 0.240 e. The molecule has 0 fully saturated rings. The predicted octanol–water partition coefficient (Wildman–Crippen LogP) is 5.52. The quantitative estimate of drug-likeness (QED) is 0.215. The van der Waals surface area contributed by atoms with Crippen LogP contribution >= 0.6 is 12.4 Å². The van der Waals surface area contributed by atoms with Gasteiger partial charge in [0.05, 0.1) is 10.4 Å². The normalized spacial score (nSPS) is 11.4. The first kappa shape index (κ1) is 26.7. The summed E-state index contributed by atoms with van der Waals surface area (Å²) in [6.07, 6.45) is 6.13. The third kappa shape index (κ3) is 7.27. The van der Waals surface area contributed by atoms with Gasteiger partial charge in [0.15, 0.2) is 0 Å². The van der Waals surface area contributed by atoms with Crippen LogP contribution in [-0.2, 0) is 10.0 Å². The van der Waals surface area contributed by atoms with Gasteiger partial charge < -0.3 is 11.1 Å². The molecule has 186 valence electrons. The molecule has 4 N–H and O–H groups in total. The van der Waals surface area contributed by atoms with E-state index in [1.165, 1.54) is 0 Å². The number of nitrogens with zero attached hydrogens (tertiary/aromatic N) is 2. The number of hydrogen-bond acceptors (Lipinski definition) is 6. The Morgan fingerprint density at radius 1 is 0.743 bits per heavy atom. The zero-order chi connectivity index (χ0) is 23.8. The lowest BCUT2D eigenvalue weighted by Gasteiger charge is -2.08. The van der Waals surface area contributed by atoms with Gasteiger partial charge in [-0.1, -0.05) is 68.1 Å². The summed E-state index contributed by atoms with van der Waals surface area (Å²) in [6, 6.07) is 20.7. The van der Waals surface area contributed by atoms with E-state index in [4.69, 9.17) is 5.73 Å². The molecular formula is C26H32ClN5O2S. The van der Waals surface area contributed by atoms with Crippen LogP contribution in [0.4, 0.5) is 11.8 Å². The van der Waals surface area contributed by atoms with Crippen molar-refractivity contribution in [3.8, 4) is 0 Å². The molecular weight excluding hydrogens is 482 g/mol. The first-order valence-electron chi connectivity index (χ1n) is 11.8. The molecule has 0 aliphatic heterocycles. The molecule has 0 atom stereocenters. The average molecular weight is 514 g/mol. The monoisotopic (exact) mass is 513 g/mol. The minimum atomic E-state index is -3.48. The third-order valence-electron chi connectivity index (χ3n) is 5.84. The molecule has 0 aliphatic rings. The molecule has 0 unspecified atom stereocenters. The SMILES string of the molecule is Cl.Nc1nc(NCCCCCCCCNS(=O)(=O)c2ccc3ccccc3c2)nc2ccccc12. The molecule has 9 heteroatoms. The lowest BCUT2D eigenvalue weighted by Crippen LogP contribution is -2.24. The zero-order valence-electron chi connectivity index (χ0n) is 19.6. The molecule has 1 aromatic heterocycles. The second-order valence-electron chi connectivity index (χ2n) is 8.40. The molecule has 0 spiro atoms. The maximum Gasteiger partial charge on any atom is 0.240 e.